The van der Waals surface area contributed by atoms with Crippen LogP contribution in [0, 0.1) is 17.3 Å². The topological polar surface area (TPSA) is 63.6 Å². The van der Waals surface area contributed by atoms with E-state index < -0.39 is 17.6 Å². The molecule has 3 aliphatic rings. The number of ketones is 1. The molecule has 0 aromatic heterocycles. The zero-order valence-corrected chi connectivity index (χ0v) is 11.6. The molecule has 0 bridgehead atoms. The van der Waals surface area contributed by atoms with Gasteiger partial charge in [0.1, 0.15) is 11.9 Å². The molecule has 4 nitrogen and oxygen atoms in total. The van der Waals surface area contributed by atoms with E-state index in [1.165, 1.54) is 0 Å². The maximum atomic E-state index is 12.3. The number of Topliss-reactive ketones (excluding diaryl/α,β-unsaturated/α-hetero) is 1. The van der Waals surface area contributed by atoms with E-state index in [0.29, 0.717) is 12.8 Å². The smallest absolute Gasteiger partial charge is 0.309 e. The maximum Gasteiger partial charge on any atom is 0.309 e. The molecule has 3 rings (SSSR count). The van der Waals surface area contributed by atoms with Crippen molar-refractivity contribution >= 4 is 11.8 Å². The van der Waals surface area contributed by atoms with Crippen molar-refractivity contribution in [3.63, 3.8) is 0 Å². The molecular weight excluding hydrogens is 244 g/mol. The Balaban J connectivity index is 2.12. The molecule has 2 aliphatic carbocycles. The first-order valence-corrected chi connectivity index (χ1v) is 6.98. The minimum atomic E-state index is -0.646. The normalized spacial score (nSPS) is 45.9. The van der Waals surface area contributed by atoms with Gasteiger partial charge in [0.2, 0.25) is 0 Å². The average Bonchev–Trinajstić information content (AvgIpc) is 2.61. The van der Waals surface area contributed by atoms with Crippen LogP contribution in [-0.2, 0) is 14.3 Å². The predicted octanol–water partition coefficient (Wildman–Crippen LogP) is 1.61. The summed E-state index contributed by atoms with van der Waals surface area (Å²) in [6.45, 7) is 5.72. The van der Waals surface area contributed by atoms with Crippen LogP contribution in [0.3, 0.4) is 0 Å². The Hall–Kier alpha value is -1.16. The van der Waals surface area contributed by atoms with Crippen LogP contribution in [-0.4, -0.2) is 29.1 Å². The largest absolute Gasteiger partial charge is 0.457 e. The fourth-order valence-corrected chi connectivity index (χ4v) is 4.18. The van der Waals surface area contributed by atoms with Crippen molar-refractivity contribution < 1.29 is 19.4 Å². The summed E-state index contributed by atoms with van der Waals surface area (Å²) in [5, 5.41) is 10.4. The number of rotatable bonds is 0. The van der Waals surface area contributed by atoms with Crippen molar-refractivity contribution in [1.29, 1.82) is 0 Å². The summed E-state index contributed by atoms with van der Waals surface area (Å²) in [5.41, 5.74) is 1.48. The molecule has 1 saturated heterocycles. The Labute approximate surface area is 112 Å². The Morgan fingerprint density at radius 1 is 1.32 bits per heavy atom. The van der Waals surface area contributed by atoms with Gasteiger partial charge in [0.15, 0.2) is 0 Å². The van der Waals surface area contributed by atoms with E-state index in [9.17, 15) is 14.7 Å². The molecule has 5 atom stereocenters. The van der Waals surface area contributed by atoms with Crippen molar-refractivity contribution in [2.45, 2.75) is 52.2 Å². The number of carbonyl (C=O) groups excluding carboxylic acids is 2. The molecule has 2 fully saturated rings. The summed E-state index contributed by atoms with van der Waals surface area (Å²) in [6.07, 6.45) is 0.644. The first kappa shape index (κ1) is 12.9. The Bertz CT molecular complexity index is 492. The number of aliphatic hydroxyl groups is 1. The molecule has 0 amide bonds. The quantitative estimate of drug-likeness (QED) is 0.533. The second kappa shape index (κ2) is 3.92. The summed E-state index contributed by atoms with van der Waals surface area (Å²) in [6, 6.07) is 0. The van der Waals surface area contributed by atoms with Crippen molar-refractivity contribution in [2.24, 2.45) is 17.3 Å². The van der Waals surface area contributed by atoms with Gasteiger partial charge in [-0.1, -0.05) is 12.5 Å². The lowest BCUT2D eigenvalue weighted by Gasteiger charge is -2.46. The van der Waals surface area contributed by atoms with Gasteiger partial charge in [0, 0.05) is 12.3 Å². The van der Waals surface area contributed by atoms with Gasteiger partial charge in [0.05, 0.1) is 17.4 Å². The van der Waals surface area contributed by atoms with Crippen molar-refractivity contribution in [1.82, 2.24) is 0 Å². The first-order chi connectivity index (χ1) is 8.86. The number of hydrogen-bond acceptors (Lipinski definition) is 4. The third kappa shape index (κ3) is 1.55. The summed E-state index contributed by atoms with van der Waals surface area (Å²) >= 11 is 0. The van der Waals surface area contributed by atoms with Crippen molar-refractivity contribution in [3.05, 3.63) is 11.1 Å². The van der Waals surface area contributed by atoms with Crippen LogP contribution in [0.2, 0.25) is 0 Å². The fraction of sp³-hybridized carbons (Fsp3) is 0.733. The number of aliphatic hydroxyl groups excluding tert-OH is 1. The molecule has 104 valence electrons. The van der Waals surface area contributed by atoms with Crippen LogP contribution >= 0.6 is 0 Å². The Morgan fingerprint density at radius 3 is 2.68 bits per heavy atom. The standard InChI is InChI=1S/C15H20O4/c1-7-4-5-10(17)15(3)6-9(16)11-8(2)14(18)19-13(11)12(7)15/h8-9,11,13,16H,4-6H2,1-3H3/t8-,9+,11-,13+,15+/m1/s1. The van der Waals surface area contributed by atoms with Gasteiger partial charge < -0.3 is 9.84 Å². The number of allylic oxidation sites excluding steroid dienone is 1. The number of esters is 1. The lowest BCUT2D eigenvalue weighted by atomic mass is 9.58. The molecule has 1 aliphatic heterocycles. The highest BCUT2D eigenvalue weighted by Gasteiger charge is 2.59. The zero-order chi connectivity index (χ0) is 13.9. The molecule has 19 heavy (non-hydrogen) atoms. The predicted molar refractivity (Wildman–Crippen MR) is 68.2 cm³/mol. The van der Waals surface area contributed by atoms with E-state index in [2.05, 4.69) is 0 Å². The van der Waals surface area contributed by atoms with Crippen LogP contribution in [0.4, 0.5) is 0 Å². The van der Waals surface area contributed by atoms with Gasteiger partial charge in [-0.25, -0.2) is 0 Å². The molecule has 1 heterocycles. The van der Waals surface area contributed by atoms with E-state index in [1.54, 1.807) is 6.92 Å². The molecule has 0 aromatic rings. The van der Waals surface area contributed by atoms with Crippen LogP contribution < -0.4 is 0 Å². The number of fused-ring (bicyclic) bond motifs is 3. The highest BCUT2D eigenvalue weighted by atomic mass is 16.6. The van der Waals surface area contributed by atoms with Crippen LogP contribution in [0.5, 0.6) is 0 Å². The van der Waals surface area contributed by atoms with E-state index in [1.807, 2.05) is 13.8 Å². The van der Waals surface area contributed by atoms with Gasteiger partial charge in [-0.2, -0.15) is 0 Å². The molecular formula is C15H20O4. The molecule has 0 spiro atoms. The fourth-order valence-electron chi connectivity index (χ4n) is 4.18. The summed E-state index contributed by atoms with van der Waals surface area (Å²) in [4.78, 5) is 24.1. The van der Waals surface area contributed by atoms with Crippen LogP contribution in [0.25, 0.3) is 0 Å². The number of hydrogen-bond donors (Lipinski definition) is 1. The van der Waals surface area contributed by atoms with Crippen molar-refractivity contribution in [2.75, 3.05) is 0 Å². The van der Waals surface area contributed by atoms with E-state index in [-0.39, 0.29) is 23.6 Å². The highest BCUT2D eigenvalue weighted by molar-refractivity contribution is 5.90. The lowest BCUT2D eigenvalue weighted by molar-refractivity contribution is -0.145. The molecule has 4 heteroatoms. The van der Waals surface area contributed by atoms with Crippen LogP contribution in [0.15, 0.2) is 11.1 Å². The van der Waals surface area contributed by atoms with Gasteiger partial charge in [0.25, 0.3) is 0 Å². The molecule has 0 radical (unpaired) electrons. The van der Waals surface area contributed by atoms with Crippen molar-refractivity contribution in [3.8, 4) is 0 Å². The number of ether oxygens (including phenoxy) is 1. The molecule has 1 saturated carbocycles. The van der Waals surface area contributed by atoms with E-state index in [0.717, 1.165) is 17.6 Å². The third-order valence-corrected chi connectivity index (χ3v) is 5.28. The Morgan fingerprint density at radius 2 is 2.00 bits per heavy atom. The van der Waals surface area contributed by atoms with Gasteiger partial charge in [-0.3, -0.25) is 9.59 Å². The van der Waals surface area contributed by atoms with Crippen LogP contribution in [0.1, 0.15) is 40.0 Å². The van der Waals surface area contributed by atoms with Gasteiger partial charge in [-0.05, 0) is 32.3 Å². The summed E-state index contributed by atoms with van der Waals surface area (Å²) < 4.78 is 5.49. The second-order valence-corrected chi connectivity index (χ2v) is 6.44. The average molecular weight is 264 g/mol. The maximum absolute atomic E-state index is 12.3. The minimum absolute atomic E-state index is 0.168. The number of carbonyl (C=O) groups is 2. The Kier molecular flexibility index (Phi) is 2.65. The van der Waals surface area contributed by atoms with E-state index in [4.69, 9.17) is 4.74 Å². The molecule has 0 unspecified atom stereocenters. The highest BCUT2D eigenvalue weighted by Crippen LogP contribution is 2.54. The monoisotopic (exact) mass is 264 g/mol. The zero-order valence-electron chi connectivity index (χ0n) is 11.6. The SMILES string of the molecule is CC1=C2[C@H]3OC(=O)[C@H](C)[C@@H]3[C@@H](O)C[C@@]2(C)C(=O)CC1. The molecule has 1 N–H and O–H groups in total. The molecule has 0 aromatic carbocycles. The first-order valence-electron chi connectivity index (χ1n) is 6.98. The lowest BCUT2D eigenvalue weighted by Crippen LogP contribution is -2.51. The van der Waals surface area contributed by atoms with Gasteiger partial charge in [-0.15, -0.1) is 0 Å². The second-order valence-electron chi connectivity index (χ2n) is 6.44. The van der Waals surface area contributed by atoms with Gasteiger partial charge >= 0.3 is 5.97 Å². The van der Waals surface area contributed by atoms with E-state index >= 15 is 0 Å². The third-order valence-electron chi connectivity index (χ3n) is 5.28. The summed E-state index contributed by atoms with van der Waals surface area (Å²) in [5.74, 6) is -0.573. The minimum Gasteiger partial charge on any atom is -0.457 e. The summed E-state index contributed by atoms with van der Waals surface area (Å²) in [7, 11) is 0.